The molecular weight excluding hydrogens is 405 g/mol. The molecule has 0 amide bonds. The molecule has 0 fully saturated rings. The van der Waals surface area contributed by atoms with E-state index in [1.807, 2.05) is 24.3 Å². The molecule has 4 nitrogen and oxygen atoms in total. The second kappa shape index (κ2) is 8.76. The summed E-state index contributed by atoms with van der Waals surface area (Å²) in [7, 11) is 3.07. The zero-order valence-electron chi connectivity index (χ0n) is 13.3. The molecule has 0 aromatic heterocycles. The van der Waals surface area contributed by atoms with E-state index in [0.29, 0.717) is 6.42 Å². The lowest BCUT2D eigenvalue weighted by Gasteiger charge is -2.25. The molecule has 5 heteroatoms. The second-order valence-corrected chi connectivity index (χ2v) is 6.25. The monoisotopic (exact) mass is 425 g/mol. The fraction of sp³-hybridized carbons (Fsp3) is 0.278. The average molecular weight is 425 g/mol. The molecule has 0 N–H and O–H groups in total. The Morgan fingerprint density at radius 3 is 2.09 bits per heavy atom. The van der Waals surface area contributed by atoms with Crippen LogP contribution in [0.25, 0.3) is 0 Å². The molecule has 2 rings (SSSR count). The lowest BCUT2D eigenvalue weighted by atomic mass is 10.2. The van der Waals surface area contributed by atoms with Crippen molar-refractivity contribution in [2.24, 2.45) is 0 Å². The van der Waals surface area contributed by atoms with Crippen molar-refractivity contribution in [1.29, 1.82) is 0 Å². The number of anilines is 2. The Bertz CT molecular complexity index is 626. The van der Waals surface area contributed by atoms with Crippen molar-refractivity contribution in [2.75, 3.05) is 25.7 Å². The van der Waals surface area contributed by atoms with Crippen LogP contribution in [0, 0.1) is 3.57 Å². The Balaban J connectivity index is 2.19. The Labute approximate surface area is 150 Å². The lowest BCUT2D eigenvalue weighted by molar-refractivity contribution is -0.140. The molecule has 2 aromatic carbocycles. The Morgan fingerprint density at radius 1 is 1.00 bits per heavy atom. The number of benzene rings is 2. The van der Waals surface area contributed by atoms with Gasteiger partial charge in [0.1, 0.15) is 5.75 Å². The summed E-state index contributed by atoms with van der Waals surface area (Å²) in [6.45, 7) is 0.738. The quantitative estimate of drug-likeness (QED) is 0.487. The Morgan fingerprint density at radius 2 is 1.57 bits per heavy atom. The summed E-state index contributed by atoms with van der Waals surface area (Å²) < 4.78 is 11.1. The number of nitrogens with zero attached hydrogens (tertiary/aromatic N) is 1. The first kappa shape index (κ1) is 17.6. The van der Waals surface area contributed by atoms with Crippen LogP contribution in [-0.4, -0.2) is 26.7 Å². The first-order valence-electron chi connectivity index (χ1n) is 7.38. The van der Waals surface area contributed by atoms with E-state index in [9.17, 15) is 4.79 Å². The number of esters is 1. The topological polar surface area (TPSA) is 38.8 Å². The SMILES string of the molecule is COC(=O)CCCN(c1ccc(I)cc1)c1ccc(OC)cc1. The first-order valence-corrected chi connectivity index (χ1v) is 8.46. The maximum absolute atomic E-state index is 11.3. The van der Waals surface area contributed by atoms with E-state index in [-0.39, 0.29) is 5.97 Å². The zero-order chi connectivity index (χ0) is 16.7. The molecule has 0 saturated carbocycles. The van der Waals surface area contributed by atoms with Gasteiger partial charge in [-0.1, -0.05) is 0 Å². The molecule has 0 aliphatic rings. The van der Waals surface area contributed by atoms with Gasteiger partial charge in [0.2, 0.25) is 0 Å². The third-order valence-electron chi connectivity index (χ3n) is 3.51. The van der Waals surface area contributed by atoms with Crippen molar-refractivity contribution in [3.63, 3.8) is 0 Å². The van der Waals surface area contributed by atoms with Gasteiger partial charge >= 0.3 is 5.97 Å². The maximum Gasteiger partial charge on any atom is 0.305 e. The number of halogens is 1. The van der Waals surface area contributed by atoms with Gasteiger partial charge in [0.05, 0.1) is 14.2 Å². The zero-order valence-corrected chi connectivity index (χ0v) is 15.4. The highest BCUT2D eigenvalue weighted by atomic mass is 127. The number of rotatable bonds is 7. The van der Waals surface area contributed by atoms with Gasteiger partial charge in [0, 0.05) is 27.9 Å². The number of hydrogen-bond acceptors (Lipinski definition) is 4. The molecule has 2 aromatic rings. The van der Waals surface area contributed by atoms with Gasteiger partial charge in [0.15, 0.2) is 0 Å². The molecule has 0 unspecified atom stereocenters. The second-order valence-electron chi connectivity index (χ2n) is 5.01. The number of methoxy groups -OCH3 is 2. The van der Waals surface area contributed by atoms with E-state index < -0.39 is 0 Å². The molecule has 0 spiro atoms. The summed E-state index contributed by atoms with van der Waals surface area (Å²) in [6.07, 6.45) is 1.14. The van der Waals surface area contributed by atoms with Gasteiger partial charge < -0.3 is 14.4 Å². The summed E-state index contributed by atoms with van der Waals surface area (Å²) >= 11 is 2.29. The third-order valence-corrected chi connectivity index (χ3v) is 4.23. The van der Waals surface area contributed by atoms with Crippen LogP contribution in [0.1, 0.15) is 12.8 Å². The summed E-state index contributed by atoms with van der Waals surface area (Å²) in [5, 5.41) is 0. The van der Waals surface area contributed by atoms with Gasteiger partial charge in [-0.25, -0.2) is 0 Å². The molecule has 122 valence electrons. The minimum atomic E-state index is -0.178. The van der Waals surface area contributed by atoms with Crippen molar-refractivity contribution < 1.29 is 14.3 Å². The van der Waals surface area contributed by atoms with E-state index in [0.717, 1.165) is 30.1 Å². The summed E-state index contributed by atoms with van der Waals surface area (Å²) in [5.41, 5.74) is 2.16. The number of carbonyl (C=O) groups is 1. The van der Waals surface area contributed by atoms with E-state index in [1.54, 1.807) is 7.11 Å². The number of hydrogen-bond donors (Lipinski definition) is 0. The molecule has 0 bridgehead atoms. The van der Waals surface area contributed by atoms with Crippen molar-refractivity contribution in [2.45, 2.75) is 12.8 Å². The average Bonchev–Trinajstić information content (AvgIpc) is 2.60. The van der Waals surface area contributed by atoms with E-state index in [1.165, 1.54) is 10.7 Å². The van der Waals surface area contributed by atoms with E-state index in [2.05, 4.69) is 51.8 Å². The standard InChI is InChI=1S/C18H20INO3/c1-22-17-11-9-16(10-12-17)20(13-3-4-18(21)23-2)15-7-5-14(19)6-8-15/h5-12H,3-4,13H2,1-2H3. The van der Waals surface area contributed by atoms with Crippen molar-refractivity contribution in [1.82, 2.24) is 0 Å². The van der Waals surface area contributed by atoms with Crippen LogP contribution in [-0.2, 0) is 9.53 Å². The van der Waals surface area contributed by atoms with Crippen LogP contribution >= 0.6 is 22.6 Å². The number of carbonyl (C=O) groups excluding carboxylic acids is 1. The molecule has 23 heavy (non-hydrogen) atoms. The van der Waals surface area contributed by atoms with Crippen molar-refractivity contribution >= 4 is 39.9 Å². The molecule has 0 saturated heterocycles. The van der Waals surface area contributed by atoms with Crippen LogP contribution in [0.5, 0.6) is 5.75 Å². The van der Waals surface area contributed by atoms with Crippen LogP contribution in [0.3, 0.4) is 0 Å². The lowest BCUT2D eigenvalue weighted by Crippen LogP contribution is -2.19. The van der Waals surface area contributed by atoms with E-state index >= 15 is 0 Å². The predicted molar refractivity (Wildman–Crippen MR) is 100 cm³/mol. The fourth-order valence-corrected chi connectivity index (χ4v) is 2.63. The molecule has 0 radical (unpaired) electrons. The Kier molecular flexibility index (Phi) is 6.70. The fourth-order valence-electron chi connectivity index (χ4n) is 2.27. The first-order chi connectivity index (χ1) is 11.1. The summed E-state index contributed by atoms with van der Waals surface area (Å²) in [4.78, 5) is 13.5. The summed E-state index contributed by atoms with van der Waals surface area (Å²) in [5.74, 6) is 0.646. The molecular formula is C18H20INO3. The number of ether oxygens (including phenoxy) is 2. The highest BCUT2D eigenvalue weighted by Gasteiger charge is 2.11. The Hall–Kier alpha value is -1.76. The van der Waals surface area contributed by atoms with E-state index in [4.69, 9.17) is 9.47 Å². The van der Waals surface area contributed by atoms with Crippen molar-refractivity contribution in [3.05, 3.63) is 52.1 Å². The highest BCUT2D eigenvalue weighted by Crippen LogP contribution is 2.28. The third kappa shape index (κ3) is 5.13. The smallest absolute Gasteiger partial charge is 0.305 e. The normalized spacial score (nSPS) is 10.2. The maximum atomic E-state index is 11.3. The van der Waals surface area contributed by atoms with Crippen LogP contribution in [0.15, 0.2) is 48.5 Å². The van der Waals surface area contributed by atoms with Gasteiger partial charge in [-0.15, -0.1) is 0 Å². The van der Waals surface area contributed by atoms with Gasteiger partial charge in [-0.3, -0.25) is 4.79 Å². The highest BCUT2D eigenvalue weighted by molar-refractivity contribution is 14.1. The van der Waals surface area contributed by atoms with Crippen LogP contribution in [0.2, 0.25) is 0 Å². The van der Waals surface area contributed by atoms with Gasteiger partial charge in [0.25, 0.3) is 0 Å². The minimum absolute atomic E-state index is 0.178. The minimum Gasteiger partial charge on any atom is -0.497 e. The summed E-state index contributed by atoms with van der Waals surface area (Å²) in [6, 6.07) is 16.3. The molecule has 0 heterocycles. The van der Waals surface area contributed by atoms with Gasteiger partial charge in [-0.05, 0) is 77.5 Å². The predicted octanol–water partition coefficient (Wildman–Crippen LogP) is 4.39. The molecule has 0 aliphatic heterocycles. The van der Waals surface area contributed by atoms with Crippen LogP contribution in [0.4, 0.5) is 11.4 Å². The van der Waals surface area contributed by atoms with Crippen LogP contribution < -0.4 is 9.64 Å². The molecule has 0 atom stereocenters. The molecule has 0 aliphatic carbocycles. The van der Waals surface area contributed by atoms with Crippen molar-refractivity contribution in [3.8, 4) is 5.75 Å². The largest absolute Gasteiger partial charge is 0.497 e. The van der Waals surface area contributed by atoms with Gasteiger partial charge in [-0.2, -0.15) is 0 Å².